The lowest BCUT2D eigenvalue weighted by molar-refractivity contribution is 1.64. The molecule has 1 aliphatic carbocycles. The summed E-state index contributed by atoms with van der Waals surface area (Å²) >= 11 is 0. The second-order valence-electron chi connectivity index (χ2n) is 14.3. The lowest BCUT2D eigenvalue weighted by Gasteiger charge is -2.21. The number of fused-ring (bicyclic) bond motifs is 5. The molecule has 0 saturated heterocycles. The highest BCUT2D eigenvalue weighted by Gasteiger charge is 2.25. The van der Waals surface area contributed by atoms with Crippen LogP contribution in [0.5, 0.6) is 0 Å². The van der Waals surface area contributed by atoms with E-state index in [9.17, 15) is 0 Å². The largest absolute Gasteiger partial charge is 0.0622 e. The predicted molar refractivity (Wildman–Crippen MR) is 223 cm³/mol. The minimum absolute atomic E-state index is 1.23. The summed E-state index contributed by atoms with van der Waals surface area (Å²) < 4.78 is 0. The highest BCUT2D eigenvalue weighted by Crippen LogP contribution is 2.53. The van der Waals surface area contributed by atoms with Crippen molar-refractivity contribution >= 4 is 64.6 Å². The van der Waals surface area contributed by atoms with Gasteiger partial charge >= 0.3 is 0 Å². The van der Waals surface area contributed by atoms with Crippen molar-refractivity contribution < 1.29 is 0 Å². The Morgan fingerprint density at radius 3 is 1.46 bits per heavy atom. The third-order valence-corrected chi connectivity index (χ3v) is 11.7. The fourth-order valence-corrected chi connectivity index (χ4v) is 9.55. The van der Waals surface area contributed by atoms with Crippen molar-refractivity contribution in [2.24, 2.45) is 0 Å². The van der Waals surface area contributed by atoms with Gasteiger partial charge in [0.25, 0.3) is 0 Å². The topological polar surface area (TPSA) is 0 Å². The molecule has 0 unspecified atom stereocenters. The molecular weight excluding hydrogens is 625 g/mol. The van der Waals surface area contributed by atoms with Gasteiger partial charge in [0.15, 0.2) is 0 Å². The van der Waals surface area contributed by atoms with Gasteiger partial charge < -0.3 is 0 Å². The summed E-state index contributed by atoms with van der Waals surface area (Å²) in [6.45, 7) is 0. The van der Waals surface area contributed by atoms with Gasteiger partial charge in [0.05, 0.1) is 0 Å². The maximum Gasteiger partial charge on any atom is -0.00199 e. The predicted octanol–water partition coefficient (Wildman–Crippen LogP) is 14.7. The molecular formula is C52H30. The van der Waals surface area contributed by atoms with Gasteiger partial charge in [0.1, 0.15) is 0 Å². The van der Waals surface area contributed by atoms with E-state index in [0.29, 0.717) is 0 Å². The van der Waals surface area contributed by atoms with Crippen LogP contribution in [0.4, 0.5) is 0 Å². The van der Waals surface area contributed by atoms with E-state index in [2.05, 4.69) is 182 Å². The molecule has 0 bridgehead atoms. The first-order chi connectivity index (χ1) is 25.8. The molecule has 52 heavy (non-hydrogen) atoms. The van der Waals surface area contributed by atoms with Crippen LogP contribution in [-0.2, 0) is 0 Å². The van der Waals surface area contributed by atoms with Crippen molar-refractivity contribution in [3.63, 3.8) is 0 Å². The fraction of sp³-hybridized carbons (Fsp3) is 0. The molecule has 11 aromatic carbocycles. The average molecular weight is 655 g/mol. The first-order valence-corrected chi connectivity index (χ1v) is 18.2. The molecule has 0 aliphatic heterocycles. The van der Waals surface area contributed by atoms with E-state index in [-0.39, 0.29) is 0 Å². The van der Waals surface area contributed by atoms with E-state index in [1.54, 1.807) is 0 Å². The normalized spacial score (nSPS) is 12.2. The minimum atomic E-state index is 1.23. The zero-order valence-corrected chi connectivity index (χ0v) is 28.3. The molecule has 1 aliphatic rings. The van der Waals surface area contributed by atoms with Crippen LogP contribution < -0.4 is 0 Å². The van der Waals surface area contributed by atoms with E-state index in [0.717, 1.165) is 0 Å². The third kappa shape index (κ3) is 3.71. The molecule has 12 rings (SSSR count). The number of hydrogen-bond donors (Lipinski definition) is 0. The first kappa shape index (κ1) is 28.0. The van der Waals surface area contributed by atoms with Gasteiger partial charge in [0, 0.05) is 0 Å². The van der Waals surface area contributed by atoms with E-state index < -0.39 is 0 Å². The number of benzene rings is 11. The maximum absolute atomic E-state index is 2.45. The van der Waals surface area contributed by atoms with Gasteiger partial charge in [-0.05, 0) is 126 Å². The van der Waals surface area contributed by atoms with Crippen LogP contribution in [-0.4, -0.2) is 0 Å². The lowest BCUT2D eigenvalue weighted by Crippen LogP contribution is -1.94. The standard InChI is InChI=1S/C52H30/c1-2-10-31(11-3-1)35-24-27-46-47(30-35)52(44-26-23-34-21-20-32-12-8-13-33-22-25-43(44)49(34)48(32)33)40-17-7-6-16-39(40)51(46)45-29-28-42-37-15-5-4-14-36(37)38-18-9-19-41(45)50(38)42/h1-30H. The van der Waals surface area contributed by atoms with Crippen LogP contribution in [0.15, 0.2) is 182 Å². The summed E-state index contributed by atoms with van der Waals surface area (Å²) in [5.74, 6) is 0. The van der Waals surface area contributed by atoms with Crippen LogP contribution in [0, 0.1) is 0 Å². The van der Waals surface area contributed by atoms with Gasteiger partial charge in [-0.3, -0.25) is 0 Å². The molecule has 0 radical (unpaired) electrons. The Bertz CT molecular complexity index is 3230. The molecule has 0 aromatic heterocycles. The molecule has 0 saturated carbocycles. The lowest BCUT2D eigenvalue weighted by atomic mass is 9.81. The molecule has 0 atom stereocenters. The molecule has 0 spiro atoms. The van der Waals surface area contributed by atoms with Crippen LogP contribution in [0.25, 0.3) is 120 Å². The summed E-state index contributed by atoms with van der Waals surface area (Å²) in [5, 5.41) is 15.6. The van der Waals surface area contributed by atoms with Crippen molar-refractivity contribution in [2.45, 2.75) is 0 Å². The minimum Gasteiger partial charge on any atom is -0.0622 e. The van der Waals surface area contributed by atoms with Crippen molar-refractivity contribution in [1.82, 2.24) is 0 Å². The second-order valence-corrected chi connectivity index (χ2v) is 14.3. The Hall–Kier alpha value is -6.76. The van der Waals surface area contributed by atoms with Crippen LogP contribution in [0.3, 0.4) is 0 Å². The Balaban J connectivity index is 1.24. The summed E-state index contributed by atoms with van der Waals surface area (Å²) in [7, 11) is 0. The molecule has 0 fully saturated rings. The SMILES string of the molecule is c1ccc(-c2ccc3c(-c4ccc5c6c(cccc46)-c4ccccc4-5)c4ccccc4c(-c4ccc5ccc6cccc7ccc4c5c67)c3c2)cc1. The average Bonchev–Trinajstić information content (AvgIpc) is 3.54. The van der Waals surface area contributed by atoms with Crippen molar-refractivity contribution in [3.05, 3.63) is 182 Å². The quantitative estimate of drug-likeness (QED) is 0.131. The van der Waals surface area contributed by atoms with Crippen LogP contribution >= 0.6 is 0 Å². The second kappa shape index (κ2) is 10.4. The van der Waals surface area contributed by atoms with Crippen molar-refractivity contribution in [3.8, 4) is 55.6 Å². The summed E-state index contributed by atoms with van der Waals surface area (Å²) in [4.78, 5) is 0. The molecule has 11 aromatic rings. The van der Waals surface area contributed by atoms with Crippen molar-refractivity contribution in [2.75, 3.05) is 0 Å². The van der Waals surface area contributed by atoms with Crippen molar-refractivity contribution in [1.29, 1.82) is 0 Å². The van der Waals surface area contributed by atoms with E-state index in [1.807, 2.05) is 0 Å². The highest BCUT2D eigenvalue weighted by atomic mass is 14.3. The summed E-state index contributed by atoms with van der Waals surface area (Å²) in [5.41, 5.74) is 12.9. The monoisotopic (exact) mass is 654 g/mol. The summed E-state index contributed by atoms with van der Waals surface area (Å²) in [6, 6.07) is 68.1. The van der Waals surface area contributed by atoms with Crippen LogP contribution in [0.1, 0.15) is 0 Å². The zero-order valence-electron chi connectivity index (χ0n) is 28.3. The number of rotatable bonds is 3. The van der Waals surface area contributed by atoms with Gasteiger partial charge in [-0.2, -0.15) is 0 Å². The Labute approximate surface area is 301 Å². The zero-order chi connectivity index (χ0) is 33.9. The Morgan fingerprint density at radius 2 is 0.692 bits per heavy atom. The highest BCUT2D eigenvalue weighted by molar-refractivity contribution is 6.31. The Morgan fingerprint density at radius 1 is 0.212 bits per heavy atom. The molecule has 238 valence electrons. The molecule has 0 N–H and O–H groups in total. The molecule has 0 heterocycles. The Kier molecular flexibility index (Phi) is 5.59. The molecule has 0 amide bonds. The number of hydrogen-bond acceptors (Lipinski definition) is 0. The molecule has 0 nitrogen and oxygen atoms in total. The van der Waals surface area contributed by atoms with E-state index in [1.165, 1.54) is 120 Å². The smallest absolute Gasteiger partial charge is 0.00199 e. The van der Waals surface area contributed by atoms with E-state index in [4.69, 9.17) is 0 Å². The van der Waals surface area contributed by atoms with Gasteiger partial charge in [-0.25, -0.2) is 0 Å². The maximum atomic E-state index is 2.45. The van der Waals surface area contributed by atoms with E-state index >= 15 is 0 Å². The van der Waals surface area contributed by atoms with Gasteiger partial charge in [-0.15, -0.1) is 0 Å². The third-order valence-electron chi connectivity index (χ3n) is 11.7. The fourth-order valence-electron chi connectivity index (χ4n) is 9.55. The summed E-state index contributed by atoms with van der Waals surface area (Å²) in [6.07, 6.45) is 0. The van der Waals surface area contributed by atoms with Gasteiger partial charge in [0.2, 0.25) is 0 Å². The molecule has 0 heteroatoms. The van der Waals surface area contributed by atoms with Gasteiger partial charge in [-0.1, -0.05) is 176 Å². The first-order valence-electron chi connectivity index (χ1n) is 18.2. The van der Waals surface area contributed by atoms with Crippen LogP contribution in [0.2, 0.25) is 0 Å².